The number of nitrogens with zero attached hydrogens (tertiary/aromatic N) is 3. The zero-order chi connectivity index (χ0) is 19.2. The first-order valence-corrected chi connectivity index (χ1v) is 10.8. The number of amides is 1. The van der Waals surface area contributed by atoms with Crippen LogP contribution in [0.3, 0.4) is 0 Å². The second-order valence-electron chi connectivity index (χ2n) is 7.10. The third-order valence-electron chi connectivity index (χ3n) is 4.66. The lowest BCUT2D eigenvalue weighted by molar-refractivity contribution is -0.117. The molecule has 1 N–H and O–H groups in total. The third-order valence-corrected chi connectivity index (χ3v) is 6.41. The predicted octanol–water partition coefficient (Wildman–Crippen LogP) is -0.260. The van der Waals surface area contributed by atoms with Crippen LogP contribution in [0, 0.1) is 11.3 Å². The maximum Gasteiger partial charge on any atom is 0.263 e. The van der Waals surface area contributed by atoms with Crippen molar-refractivity contribution < 1.29 is 17.9 Å². The summed E-state index contributed by atoms with van der Waals surface area (Å²) in [6, 6.07) is 1.74. The fourth-order valence-corrected chi connectivity index (χ4v) is 4.86. The first kappa shape index (κ1) is 20.7. The van der Waals surface area contributed by atoms with Gasteiger partial charge in [-0.2, -0.15) is 5.26 Å². The van der Waals surface area contributed by atoms with Crippen LogP contribution in [-0.2, 0) is 19.4 Å². The number of nitriles is 1. The van der Waals surface area contributed by atoms with Crippen molar-refractivity contribution in [2.45, 2.75) is 31.4 Å². The van der Waals surface area contributed by atoms with Gasteiger partial charge in [0.1, 0.15) is 11.6 Å². The predicted molar refractivity (Wildman–Crippen MR) is 98.0 cm³/mol. The van der Waals surface area contributed by atoms with E-state index < -0.39 is 15.7 Å². The van der Waals surface area contributed by atoms with E-state index in [0.29, 0.717) is 32.7 Å². The van der Waals surface area contributed by atoms with Gasteiger partial charge in [-0.25, -0.2) is 8.42 Å². The molecule has 2 unspecified atom stereocenters. The second-order valence-corrected chi connectivity index (χ2v) is 9.33. The van der Waals surface area contributed by atoms with E-state index in [-0.39, 0.29) is 29.2 Å². The summed E-state index contributed by atoms with van der Waals surface area (Å²) >= 11 is 0. The number of hydrogen-bond acceptors (Lipinski definition) is 7. The number of nitrogens with one attached hydrogen (secondary N) is 1. The van der Waals surface area contributed by atoms with Crippen LogP contribution in [0.2, 0.25) is 0 Å². The molecular formula is C17H28N4O4S. The fraction of sp³-hybridized carbons (Fsp3) is 0.765. The highest BCUT2D eigenvalue weighted by molar-refractivity contribution is 7.91. The summed E-state index contributed by atoms with van der Waals surface area (Å²) in [6.07, 6.45) is 3.92. The number of ether oxygens (including phenoxy) is 1. The minimum absolute atomic E-state index is 0.00344. The molecule has 8 nitrogen and oxygen atoms in total. The van der Waals surface area contributed by atoms with Gasteiger partial charge in [-0.3, -0.25) is 4.79 Å². The second kappa shape index (κ2) is 9.35. The quantitative estimate of drug-likeness (QED) is 0.454. The minimum Gasteiger partial charge on any atom is -0.376 e. The lowest BCUT2D eigenvalue weighted by Gasteiger charge is -2.28. The van der Waals surface area contributed by atoms with Crippen LogP contribution in [0.5, 0.6) is 0 Å². The Kier molecular flexibility index (Phi) is 7.43. The standard InChI is InChI=1S/C17H28N4O4S/c1-20(2)6-7-21(15-5-9-26(23,24)13-15)12-14(10-18)17(22)19-11-16-4-3-8-25-16/h12,15-16H,3-9,11,13H2,1-2H3,(H,19,22)/b14-12-. The van der Waals surface area contributed by atoms with E-state index in [1.54, 1.807) is 0 Å². The van der Waals surface area contributed by atoms with E-state index in [2.05, 4.69) is 5.32 Å². The normalized spacial score (nSPS) is 25.2. The highest BCUT2D eigenvalue weighted by Gasteiger charge is 2.31. The molecule has 2 atom stereocenters. The number of carbonyl (C=O) groups excluding carboxylic acids is 1. The van der Waals surface area contributed by atoms with Gasteiger partial charge in [-0.05, 0) is 33.4 Å². The molecule has 0 aromatic rings. The first-order chi connectivity index (χ1) is 12.3. The summed E-state index contributed by atoms with van der Waals surface area (Å²) < 4.78 is 29.1. The molecule has 0 spiro atoms. The molecule has 2 rings (SSSR count). The van der Waals surface area contributed by atoms with Crippen molar-refractivity contribution in [2.75, 3.05) is 51.8 Å². The van der Waals surface area contributed by atoms with Crippen LogP contribution >= 0.6 is 0 Å². The van der Waals surface area contributed by atoms with Crippen molar-refractivity contribution in [2.24, 2.45) is 0 Å². The molecule has 0 saturated carbocycles. The summed E-state index contributed by atoms with van der Waals surface area (Å²) in [7, 11) is 0.799. The van der Waals surface area contributed by atoms with Gasteiger partial charge in [0.05, 0.1) is 17.6 Å². The number of rotatable bonds is 8. The molecule has 1 amide bonds. The molecule has 2 aliphatic heterocycles. The zero-order valence-electron chi connectivity index (χ0n) is 15.5. The van der Waals surface area contributed by atoms with E-state index in [0.717, 1.165) is 12.8 Å². The van der Waals surface area contributed by atoms with E-state index in [1.165, 1.54) is 6.20 Å². The maximum atomic E-state index is 12.3. The van der Waals surface area contributed by atoms with Crippen molar-refractivity contribution in [1.82, 2.24) is 15.1 Å². The lowest BCUT2D eigenvalue weighted by Crippen LogP contribution is -2.38. The van der Waals surface area contributed by atoms with Crippen molar-refractivity contribution in [3.8, 4) is 6.07 Å². The molecule has 0 aromatic heterocycles. The molecule has 0 aliphatic carbocycles. The molecular weight excluding hydrogens is 356 g/mol. The van der Waals surface area contributed by atoms with Crippen LogP contribution in [0.25, 0.3) is 0 Å². The molecule has 0 radical (unpaired) electrons. The largest absolute Gasteiger partial charge is 0.376 e. The Morgan fingerprint density at radius 1 is 1.35 bits per heavy atom. The average molecular weight is 385 g/mol. The number of hydrogen-bond donors (Lipinski definition) is 1. The number of carbonyl (C=O) groups is 1. The molecule has 2 saturated heterocycles. The van der Waals surface area contributed by atoms with E-state index in [4.69, 9.17) is 4.74 Å². The van der Waals surface area contributed by atoms with Gasteiger partial charge in [0.2, 0.25) is 0 Å². The van der Waals surface area contributed by atoms with Crippen molar-refractivity contribution in [3.63, 3.8) is 0 Å². The molecule has 0 bridgehead atoms. The molecule has 146 valence electrons. The molecule has 0 aromatic carbocycles. The number of likely N-dealkylation sites (N-methyl/N-ethyl adjacent to an activating group) is 1. The van der Waals surface area contributed by atoms with Crippen LogP contribution in [0.15, 0.2) is 11.8 Å². The van der Waals surface area contributed by atoms with Crippen LogP contribution < -0.4 is 5.32 Å². The van der Waals surface area contributed by atoms with Gasteiger partial charge in [0, 0.05) is 38.5 Å². The summed E-state index contributed by atoms with van der Waals surface area (Å²) in [6.45, 7) is 2.34. The van der Waals surface area contributed by atoms with Crippen LogP contribution in [0.4, 0.5) is 0 Å². The van der Waals surface area contributed by atoms with Crippen molar-refractivity contribution >= 4 is 15.7 Å². The van der Waals surface area contributed by atoms with Gasteiger partial charge >= 0.3 is 0 Å². The first-order valence-electron chi connectivity index (χ1n) is 8.93. The smallest absolute Gasteiger partial charge is 0.263 e. The van der Waals surface area contributed by atoms with Gasteiger partial charge in [0.15, 0.2) is 9.84 Å². The maximum absolute atomic E-state index is 12.3. The Balaban J connectivity index is 2.05. The highest BCUT2D eigenvalue weighted by atomic mass is 32.2. The molecule has 26 heavy (non-hydrogen) atoms. The lowest BCUT2D eigenvalue weighted by atomic mass is 10.2. The molecule has 2 fully saturated rings. The molecule has 2 heterocycles. The third kappa shape index (κ3) is 6.27. The van der Waals surface area contributed by atoms with E-state index in [1.807, 2.05) is 30.0 Å². The summed E-state index contributed by atoms with van der Waals surface area (Å²) in [5, 5.41) is 12.1. The van der Waals surface area contributed by atoms with Gasteiger partial charge in [-0.15, -0.1) is 0 Å². The van der Waals surface area contributed by atoms with Crippen LogP contribution in [-0.4, -0.2) is 88.1 Å². The summed E-state index contributed by atoms with van der Waals surface area (Å²) in [5.74, 6) is -0.233. The Bertz CT molecular complexity index is 663. The highest BCUT2D eigenvalue weighted by Crippen LogP contribution is 2.19. The van der Waals surface area contributed by atoms with Crippen LogP contribution in [0.1, 0.15) is 19.3 Å². The Morgan fingerprint density at radius 2 is 2.12 bits per heavy atom. The fourth-order valence-electron chi connectivity index (χ4n) is 3.12. The molecule has 2 aliphatic rings. The van der Waals surface area contributed by atoms with Crippen molar-refractivity contribution in [3.05, 3.63) is 11.8 Å². The van der Waals surface area contributed by atoms with Gasteiger partial charge < -0.3 is 19.9 Å². The summed E-state index contributed by atoms with van der Waals surface area (Å²) in [5.41, 5.74) is -0.00829. The Labute approximate surface area is 155 Å². The average Bonchev–Trinajstić information content (AvgIpc) is 3.22. The molecule has 9 heteroatoms. The van der Waals surface area contributed by atoms with E-state index in [9.17, 15) is 18.5 Å². The zero-order valence-corrected chi connectivity index (χ0v) is 16.3. The SMILES string of the molecule is CN(C)CCN(/C=C(/C#N)C(=O)NCC1CCCO1)C1CCS(=O)(=O)C1. The summed E-state index contributed by atoms with van der Waals surface area (Å²) in [4.78, 5) is 16.1. The van der Waals surface area contributed by atoms with Gasteiger partial charge in [-0.1, -0.05) is 0 Å². The Hall–Kier alpha value is -1.63. The number of sulfone groups is 1. The van der Waals surface area contributed by atoms with E-state index >= 15 is 0 Å². The van der Waals surface area contributed by atoms with Crippen molar-refractivity contribution in [1.29, 1.82) is 5.26 Å². The Morgan fingerprint density at radius 3 is 2.65 bits per heavy atom. The van der Waals surface area contributed by atoms with Gasteiger partial charge in [0.25, 0.3) is 5.91 Å². The monoisotopic (exact) mass is 384 g/mol. The minimum atomic E-state index is -3.05. The topological polar surface area (TPSA) is 103 Å².